The average Bonchev–Trinajstić information content (AvgIpc) is 3.35. The Balaban J connectivity index is 1.58. The van der Waals surface area contributed by atoms with E-state index in [0.29, 0.717) is 38.6 Å². The van der Waals surface area contributed by atoms with Crippen molar-refractivity contribution in [3.8, 4) is 0 Å². The fourth-order valence-electron chi connectivity index (χ4n) is 5.23. The number of carbonyl (C=O) groups is 3. The van der Waals surface area contributed by atoms with Gasteiger partial charge in [0.25, 0.3) is 11.8 Å². The highest BCUT2D eigenvalue weighted by atomic mass is 35.5. The minimum Gasteiger partial charge on any atom is -0.340 e. The van der Waals surface area contributed by atoms with Gasteiger partial charge in [0.1, 0.15) is 11.9 Å². The van der Waals surface area contributed by atoms with Crippen molar-refractivity contribution >= 4 is 40.2 Å². The molecule has 0 saturated carbocycles. The lowest BCUT2D eigenvalue weighted by Crippen LogP contribution is -2.53. The molecule has 1 aromatic heterocycles. The zero-order valence-corrected chi connectivity index (χ0v) is 20.9. The fraction of sp³-hybridized carbons (Fsp3) is 0.0968. The molecule has 0 aliphatic carbocycles. The number of nitrogens with one attached hydrogen (secondary N) is 1. The van der Waals surface area contributed by atoms with Crippen molar-refractivity contribution < 1.29 is 14.4 Å². The molecule has 6 nitrogen and oxygen atoms in total. The Morgan fingerprint density at radius 1 is 0.763 bits per heavy atom. The molecule has 6 rings (SSSR count). The third-order valence-corrected chi connectivity index (χ3v) is 7.24. The Labute approximate surface area is 223 Å². The van der Waals surface area contributed by atoms with E-state index in [1.165, 1.54) is 4.57 Å². The molecule has 186 valence electrons. The standard InChI is InChI=1S/C31H22ClN3O3/c32-22-17-15-19(16-18-22)25-26(28(36)20-9-3-1-4-10-20)29-33-23-13-7-8-14-24(23)35(29)31(38)27(25)34-30(37)21-11-5-2-6-12-21/h1-18,25-27H,(H,34,37)/t25-,26+,27+/m1/s1. The van der Waals surface area contributed by atoms with Gasteiger partial charge in [-0.3, -0.25) is 19.0 Å². The summed E-state index contributed by atoms with van der Waals surface area (Å²) in [5, 5.41) is 3.48. The number of ketones is 1. The van der Waals surface area contributed by atoms with Gasteiger partial charge in [0.2, 0.25) is 0 Å². The quantitative estimate of drug-likeness (QED) is 0.293. The molecule has 5 aromatic rings. The lowest BCUT2D eigenvalue weighted by atomic mass is 9.74. The van der Waals surface area contributed by atoms with Crippen LogP contribution in [0.2, 0.25) is 5.02 Å². The summed E-state index contributed by atoms with van der Waals surface area (Å²) in [6.07, 6.45) is 0. The number of hydrogen-bond acceptors (Lipinski definition) is 4. The molecule has 3 atom stereocenters. The largest absolute Gasteiger partial charge is 0.340 e. The van der Waals surface area contributed by atoms with Crippen LogP contribution in [0.1, 0.15) is 48.7 Å². The number of benzene rings is 4. The monoisotopic (exact) mass is 519 g/mol. The number of rotatable bonds is 5. The molecule has 0 radical (unpaired) electrons. The van der Waals surface area contributed by atoms with Crippen molar-refractivity contribution in [1.82, 2.24) is 14.9 Å². The number of fused-ring (bicyclic) bond motifs is 3. The Hall–Kier alpha value is -4.55. The predicted octanol–water partition coefficient (Wildman–Crippen LogP) is 5.89. The van der Waals surface area contributed by atoms with E-state index in [1.54, 1.807) is 78.9 Å². The van der Waals surface area contributed by atoms with Crippen LogP contribution in [-0.4, -0.2) is 33.2 Å². The molecule has 0 saturated heterocycles. The smallest absolute Gasteiger partial charge is 0.255 e. The number of amides is 1. The zero-order chi connectivity index (χ0) is 26.2. The highest BCUT2D eigenvalue weighted by molar-refractivity contribution is 6.30. The summed E-state index contributed by atoms with van der Waals surface area (Å²) in [7, 11) is 0. The normalized spacial score (nSPS) is 18.7. The van der Waals surface area contributed by atoms with Gasteiger partial charge < -0.3 is 5.32 Å². The number of imidazole rings is 1. The SMILES string of the molecule is O=C(N[C@@H]1C(=O)n2c(nc3ccccc32)[C@H](C(=O)c2ccccc2)[C@H]1c1ccc(Cl)cc1)c1ccccc1. The maximum atomic E-state index is 14.2. The van der Waals surface area contributed by atoms with E-state index in [4.69, 9.17) is 16.6 Å². The maximum Gasteiger partial charge on any atom is 0.255 e. The first kappa shape index (κ1) is 23.8. The number of aromatic nitrogens is 2. The summed E-state index contributed by atoms with van der Waals surface area (Å²) in [5.74, 6) is -2.14. The third kappa shape index (κ3) is 4.09. The third-order valence-electron chi connectivity index (χ3n) is 6.99. The Morgan fingerprint density at radius 2 is 1.37 bits per heavy atom. The molecule has 1 aliphatic heterocycles. The van der Waals surface area contributed by atoms with E-state index in [9.17, 15) is 14.4 Å². The number of para-hydroxylation sites is 2. The summed E-state index contributed by atoms with van der Waals surface area (Å²) in [4.78, 5) is 46.5. The molecule has 0 fully saturated rings. The second-order valence-electron chi connectivity index (χ2n) is 9.23. The molecule has 0 unspecified atom stereocenters. The zero-order valence-electron chi connectivity index (χ0n) is 20.1. The number of Topliss-reactive ketones (excluding diaryl/α,β-unsaturated/α-hetero) is 1. The van der Waals surface area contributed by atoms with Crippen molar-refractivity contribution in [3.05, 3.63) is 137 Å². The Morgan fingerprint density at radius 3 is 2.05 bits per heavy atom. The molecule has 4 aromatic carbocycles. The first-order chi connectivity index (χ1) is 18.5. The summed E-state index contributed by atoms with van der Waals surface area (Å²) >= 11 is 6.19. The van der Waals surface area contributed by atoms with Gasteiger partial charge in [-0.15, -0.1) is 0 Å². The van der Waals surface area contributed by atoms with Crippen molar-refractivity contribution in [2.45, 2.75) is 17.9 Å². The highest BCUT2D eigenvalue weighted by Crippen LogP contribution is 2.43. The van der Waals surface area contributed by atoms with Crippen LogP contribution in [0, 0.1) is 0 Å². The van der Waals surface area contributed by atoms with Gasteiger partial charge >= 0.3 is 0 Å². The molecular weight excluding hydrogens is 498 g/mol. The van der Waals surface area contributed by atoms with Crippen molar-refractivity contribution in [1.29, 1.82) is 0 Å². The Kier molecular flexibility index (Phi) is 6.10. The van der Waals surface area contributed by atoms with Gasteiger partial charge in [-0.25, -0.2) is 4.98 Å². The van der Waals surface area contributed by atoms with Crippen LogP contribution in [-0.2, 0) is 0 Å². The van der Waals surface area contributed by atoms with Crippen molar-refractivity contribution in [2.24, 2.45) is 0 Å². The average molecular weight is 520 g/mol. The summed E-state index contributed by atoms with van der Waals surface area (Å²) in [6.45, 7) is 0. The van der Waals surface area contributed by atoms with Crippen LogP contribution in [0.25, 0.3) is 11.0 Å². The lowest BCUT2D eigenvalue weighted by molar-refractivity contribution is 0.0727. The molecule has 1 N–H and O–H groups in total. The van der Waals surface area contributed by atoms with E-state index < -0.39 is 23.8 Å². The molecule has 7 heteroatoms. The van der Waals surface area contributed by atoms with Gasteiger partial charge in [-0.1, -0.05) is 84.4 Å². The van der Waals surface area contributed by atoms with E-state index >= 15 is 0 Å². The second-order valence-corrected chi connectivity index (χ2v) is 9.67. The van der Waals surface area contributed by atoms with E-state index in [1.807, 2.05) is 30.3 Å². The van der Waals surface area contributed by atoms with Gasteiger partial charge in [-0.05, 0) is 42.0 Å². The van der Waals surface area contributed by atoms with Crippen LogP contribution in [0.3, 0.4) is 0 Å². The van der Waals surface area contributed by atoms with E-state index in [0.717, 1.165) is 0 Å². The van der Waals surface area contributed by atoms with E-state index in [-0.39, 0.29) is 11.7 Å². The van der Waals surface area contributed by atoms with Crippen molar-refractivity contribution in [2.75, 3.05) is 0 Å². The van der Waals surface area contributed by atoms with Gasteiger partial charge in [0.15, 0.2) is 5.78 Å². The van der Waals surface area contributed by atoms with Gasteiger partial charge in [-0.2, -0.15) is 0 Å². The summed E-state index contributed by atoms with van der Waals surface area (Å²) in [5.41, 5.74) is 2.81. The first-order valence-corrected chi connectivity index (χ1v) is 12.6. The number of nitrogens with zero attached hydrogens (tertiary/aromatic N) is 2. The molecule has 0 bridgehead atoms. The molecule has 1 amide bonds. The molecule has 38 heavy (non-hydrogen) atoms. The van der Waals surface area contributed by atoms with Gasteiger partial charge in [0.05, 0.1) is 17.0 Å². The Bertz CT molecular complexity index is 1660. The molecule has 2 heterocycles. The van der Waals surface area contributed by atoms with Crippen LogP contribution < -0.4 is 5.32 Å². The van der Waals surface area contributed by atoms with Crippen molar-refractivity contribution in [3.63, 3.8) is 0 Å². The fourth-order valence-corrected chi connectivity index (χ4v) is 5.35. The van der Waals surface area contributed by atoms with Crippen LogP contribution in [0.15, 0.2) is 109 Å². The summed E-state index contributed by atoms with van der Waals surface area (Å²) in [6, 6.07) is 30.9. The molecular formula is C31H22ClN3O3. The van der Waals surface area contributed by atoms with Crippen LogP contribution >= 0.6 is 11.6 Å². The maximum absolute atomic E-state index is 14.2. The topological polar surface area (TPSA) is 81.1 Å². The molecule has 0 spiro atoms. The minimum atomic E-state index is -1.04. The van der Waals surface area contributed by atoms with E-state index in [2.05, 4.69) is 5.32 Å². The minimum absolute atomic E-state index is 0.187. The molecule has 1 aliphatic rings. The number of carbonyl (C=O) groups excluding carboxylic acids is 3. The summed E-state index contributed by atoms with van der Waals surface area (Å²) < 4.78 is 1.49. The first-order valence-electron chi connectivity index (χ1n) is 12.2. The number of hydrogen-bond donors (Lipinski definition) is 1. The van der Waals surface area contributed by atoms with Gasteiger partial charge in [0, 0.05) is 22.1 Å². The predicted molar refractivity (Wildman–Crippen MR) is 146 cm³/mol. The number of halogens is 1. The van der Waals surface area contributed by atoms with Crippen LogP contribution in [0.5, 0.6) is 0 Å². The second kappa shape index (κ2) is 9.72. The highest BCUT2D eigenvalue weighted by Gasteiger charge is 2.49. The lowest BCUT2D eigenvalue weighted by Gasteiger charge is -2.37. The van der Waals surface area contributed by atoms with Crippen LogP contribution in [0.4, 0.5) is 0 Å².